The molecule has 4 aromatic carbocycles. The summed E-state index contributed by atoms with van der Waals surface area (Å²) in [5.41, 5.74) is 3.71. The second-order valence-corrected chi connectivity index (χ2v) is 32.3. The molecule has 7 rings (SSSR count). The maximum Gasteiger partial charge on any atom is 0.314 e. The van der Waals surface area contributed by atoms with E-state index in [1.165, 1.54) is 31.9 Å². The lowest BCUT2D eigenvalue weighted by Gasteiger charge is -2.49. The van der Waals surface area contributed by atoms with E-state index in [-0.39, 0.29) is 45.7 Å². The molecule has 7 heteroatoms. The van der Waals surface area contributed by atoms with Crippen molar-refractivity contribution in [1.82, 2.24) is 0 Å². The van der Waals surface area contributed by atoms with Crippen molar-refractivity contribution in [2.45, 2.75) is 162 Å². The van der Waals surface area contributed by atoms with E-state index >= 15 is 0 Å². The van der Waals surface area contributed by atoms with Gasteiger partial charge >= 0.3 is 5.97 Å². The standard InChI is InChI=1S/C64H84O5Si2/c1-14-47(3)67-60(66)63(11,12)59(65)42-37-46(2)56-40-41-57-49(28-27-43-64(56,57)13)38-39-50-44-51(68-70(61(5,6)7,52-29-19-15-20-30-52)53-31-21-16-22-32-53)45-58(48(50)4)69-71(62(8,9)10,54-33-23-17-24-34-54)55-35-25-18-26-36-55/h15-26,29-39,42,47,51,56-59,65H,2,4,14,27-28,40-41,43-45H2,1,3,5-13H3/b42-37+,49-38+,50-39-/t47?,51-,56-,57+,58+,59-,64-/m1/s1. The number of ether oxygens (including phenoxy) is 1. The zero-order valence-corrected chi connectivity index (χ0v) is 47.0. The number of hydrogen-bond donors (Lipinski definition) is 1. The summed E-state index contributed by atoms with van der Waals surface area (Å²) in [6.07, 6.45) is 14.5. The first kappa shape index (κ1) is 54.1. The highest BCUT2D eigenvalue weighted by atomic mass is 28.4. The number of aliphatic hydroxyl groups excluding tert-OH is 1. The molecule has 0 spiro atoms. The Bertz CT molecular complexity index is 2470. The summed E-state index contributed by atoms with van der Waals surface area (Å²) in [5.74, 6) is 0.280. The highest BCUT2D eigenvalue weighted by Crippen LogP contribution is 2.59. The van der Waals surface area contributed by atoms with Crippen molar-refractivity contribution in [3.63, 3.8) is 0 Å². The Morgan fingerprint density at radius 3 is 1.70 bits per heavy atom. The van der Waals surface area contributed by atoms with E-state index < -0.39 is 28.2 Å². The summed E-state index contributed by atoms with van der Waals surface area (Å²) in [6, 6.07) is 44.0. The van der Waals surface area contributed by atoms with Gasteiger partial charge in [-0.25, -0.2) is 0 Å². The minimum absolute atomic E-state index is 0.0212. The number of benzene rings is 4. The highest BCUT2D eigenvalue weighted by molar-refractivity contribution is 7.00. The van der Waals surface area contributed by atoms with Gasteiger partial charge in [-0.15, -0.1) is 0 Å². The molecule has 71 heavy (non-hydrogen) atoms. The van der Waals surface area contributed by atoms with Crippen molar-refractivity contribution in [3.05, 3.63) is 181 Å². The third-order valence-corrected chi connectivity index (χ3v) is 26.9. The van der Waals surface area contributed by atoms with Gasteiger partial charge < -0.3 is 18.7 Å². The van der Waals surface area contributed by atoms with E-state index in [1.807, 2.05) is 19.9 Å². The number of fused-ring (bicyclic) bond motifs is 1. The van der Waals surface area contributed by atoms with Gasteiger partial charge in [-0.1, -0.05) is 225 Å². The molecule has 0 aliphatic heterocycles. The van der Waals surface area contributed by atoms with Gasteiger partial charge in [0, 0.05) is 6.42 Å². The topological polar surface area (TPSA) is 65.0 Å². The molecule has 3 fully saturated rings. The van der Waals surface area contributed by atoms with E-state index in [0.29, 0.717) is 12.3 Å². The monoisotopic (exact) mass is 989 g/mol. The third-order valence-electron chi connectivity index (χ3n) is 16.8. The SMILES string of the molecule is C=C1/C(=C\C=C2/CCC[C@]3(C)[C@@H](C(=C)/C=C/[C@@H](O)C(C)(C)C(=O)OC(C)CC)CC[C@@H]23)C[C@@H](O[Si](c2ccccc2)(c2ccccc2)C(C)(C)C)C[C@@H]1O[Si](c1ccccc1)(c1ccccc1)C(C)(C)C. The van der Waals surface area contributed by atoms with Crippen molar-refractivity contribution in [2.75, 3.05) is 0 Å². The number of carbonyl (C=O) groups is 1. The third kappa shape index (κ3) is 10.9. The lowest BCUT2D eigenvalue weighted by Crippen LogP contribution is -2.69. The Morgan fingerprint density at radius 2 is 1.24 bits per heavy atom. The fourth-order valence-corrected chi connectivity index (χ4v) is 21.8. The number of allylic oxidation sites excluding steroid dienone is 5. The van der Waals surface area contributed by atoms with Crippen LogP contribution in [-0.2, 0) is 18.4 Å². The van der Waals surface area contributed by atoms with E-state index in [0.717, 1.165) is 56.1 Å². The molecule has 0 amide bonds. The van der Waals surface area contributed by atoms with Gasteiger partial charge in [-0.2, -0.15) is 0 Å². The Labute approximate surface area is 430 Å². The van der Waals surface area contributed by atoms with Crippen LogP contribution in [0.4, 0.5) is 0 Å². The van der Waals surface area contributed by atoms with Crippen LogP contribution in [0.1, 0.15) is 128 Å². The lowest BCUT2D eigenvalue weighted by molar-refractivity contribution is -0.163. The summed E-state index contributed by atoms with van der Waals surface area (Å²) in [5, 5.41) is 15.9. The molecule has 0 heterocycles. The molecule has 0 radical (unpaired) electrons. The van der Waals surface area contributed by atoms with Gasteiger partial charge in [0.05, 0.1) is 29.8 Å². The molecule has 0 bridgehead atoms. The first-order valence-corrected chi connectivity index (χ1v) is 30.3. The second kappa shape index (κ2) is 21.8. The van der Waals surface area contributed by atoms with Crippen LogP contribution >= 0.6 is 0 Å². The minimum Gasteiger partial charge on any atom is -0.462 e. The molecule has 0 saturated heterocycles. The van der Waals surface area contributed by atoms with Crippen LogP contribution in [0.5, 0.6) is 0 Å². The number of esters is 1. The van der Waals surface area contributed by atoms with Crippen molar-refractivity contribution in [1.29, 1.82) is 0 Å². The minimum atomic E-state index is -3.00. The van der Waals surface area contributed by atoms with Gasteiger partial charge in [0.15, 0.2) is 0 Å². The quantitative estimate of drug-likeness (QED) is 0.0688. The highest BCUT2D eigenvalue weighted by Gasteiger charge is 2.55. The van der Waals surface area contributed by atoms with Crippen LogP contribution in [0.25, 0.3) is 0 Å². The summed E-state index contributed by atoms with van der Waals surface area (Å²) in [7, 11) is -5.95. The van der Waals surface area contributed by atoms with Crippen LogP contribution in [0, 0.1) is 22.7 Å². The molecule has 5 nitrogen and oxygen atoms in total. The largest absolute Gasteiger partial charge is 0.462 e. The van der Waals surface area contributed by atoms with E-state index in [2.05, 4.69) is 189 Å². The molecule has 1 N–H and O–H groups in total. The molecule has 378 valence electrons. The maximum atomic E-state index is 13.1. The first-order valence-electron chi connectivity index (χ1n) is 26.5. The molecular formula is C64H84O5Si2. The molecule has 4 aromatic rings. The predicted molar refractivity (Wildman–Crippen MR) is 302 cm³/mol. The van der Waals surface area contributed by atoms with Crippen molar-refractivity contribution in [2.24, 2.45) is 22.7 Å². The van der Waals surface area contributed by atoms with Gasteiger partial charge in [0.2, 0.25) is 0 Å². The van der Waals surface area contributed by atoms with Gasteiger partial charge in [0.1, 0.15) is 0 Å². The zero-order chi connectivity index (χ0) is 51.4. The van der Waals surface area contributed by atoms with Crippen LogP contribution in [0.3, 0.4) is 0 Å². The number of rotatable bonds is 16. The maximum absolute atomic E-state index is 13.1. The Morgan fingerprint density at radius 1 is 0.761 bits per heavy atom. The number of carbonyl (C=O) groups excluding carboxylic acids is 1. The van der Waals surface area contributed by atoms with Crippen LogP contribution in [0.2, 0.25) is 10.1 Å². The molecule has 3 aliphatic carbocycles. The predicted octanol–water partition coefficient (Wildman–Crippen LogP) is 13.1. The van der Waals surface area contributed by atoms with E-state index in [4.69, 9.17) is 20.2 Å². The molecule has 7 atom stereocenters. The lowest BCUT2D eigenvalue weighted by atomic mass is 9.62. The van der Waals surface area contributed by atoms with Crippen molar-refractivity contribution < 1.29 is 23.5 Å². The summed E-state index contributed by atoms with van der Waals surface area (Å²) >= 11 is 0. The van der Waals surface area contributed by atoms with Crippen LogP contribution < -0.4 is 20.7 Å². The van der Waals surface area contributed by atoms with Crippen LogP contribution in [-0.4, -0.2) is 52.1 Å². The fraction of sp³-hybridized carbons (Fsp3) is 0.453. The molecule has 1 unspecified atom stereocenters. The Balaban J connectivity index is 1.28. The zero-order valence-electron chi connectivity index (χ0n) is 45.0. The average Bonchev–Trinajstić information content (AvgIpc) is 3.72. The fourth-order valence-electron chi connectivity index (χ4n) is 12.4. The summed E-state index contributed by atoms with van der Waals surface area (Å²) in [6.45, 7) is 33.6. The first-order chi connectivity index (χ1) is 33.6. The molecule has 0 aromatic heterocycles. The number of aliphatic hydroxyl groups is 1. The normalized spacial score (nSPS) is 24.5. The van der Waals surface area contributed by atoms with Gasteiger partial charge in [0.25, 0.3) is 16.6 Å². The Kier molecular flexibility index (Phi) is 16.7. The summed E-state index contributed by atoms with van der Waals surface area (Å²) in [4.78, 5) is 13.1. The van der Waals surface area contributed by atoms with Gasteiger partial charge in [-0.3, -0.25) is 4.79 Å². The smallest absolute Gasteiger partial charge is 0.314 e. The van der Waals surface area contributed by atoms with Gasteiger partial charge in [-0.05, 0) is 125 Å². The van der Waals surface area contributed by atoms with Crippen molar-refractivity contribution in [3.8, 4) is 0 Å². The molecule has 3 saturated carbocycles. The van der Waals surface area contributed by atoms with E-state index in [1.54, 1.807) is 19.9 Å². The van der Waals surface area contributed by atoms with Crippen molar-refractivity contribution >= 4 is 43.4 Å². The van der Waals surface area contributed by atoms with Crippen LogP contribution in [0.15, 0.2) is 181 Å². The Hall–Kier alpha value is -4.64. The second-order valence-electron chi connectivity index (χ2n) is 23.8. The van der Waals surface area contributed by atoms with E-state index in [9.17, 15) is 9.90 Å². The summed E-state index contributed by atoms with van der Waals surface area (Å²) < 4.78 is 21.8. The average molecular weight is 990 g/mol. The number of hydrogen-bond acceptors (Lipinski definition) is 5. The molecule has 3 aliphatic rings. The molecular weight excluding hydrogens is 905 g/mol.